The number of fused-ring (bicyclic) bond motifs is 1. The number of rotatable bonds is 3. The molecule has 10 heteroatoms. The van der Waals surface area contributed by atoms with E-state index in [9.17, 15) is 9.59 Å². The number of nitrogens with zero attached hydrogens (tertiary/aromatic N) is 3. The van der Waals surface area contributed by atoms with Crippen LogP contribution in [0.1, 0.15) is 26.3 Å². The Balaban J connectivity index is 1.75. The molecule has 3 aromatic rings. The zero-order valence-electron chi connectivity index (χ0n) is 18.6. The van der Waals surface area contributed by atoms with Crippen molar-refractivity contribution in [2.75, 3.05) is 18.4 Å². The van der Waals surface area contributed by atoms with E-state index in [1.54, 1.807) is 52.2 Å². The van der Waals surface area contributed by atoms with Crippen molar-refractivity contribution in [1.29, 1.82) is 0 Å². The van der Waals surface area contributed by atoms with Crippen molar-refractivity contribution in [3.63, 3.8) is 0 Å². The Bertz CT molecular complexity index is 1310. The van der Waals surface area contributed by atoms with Gasteiger partial charge in [-0.05, 0) is 51.1 Å². The fourth-order valence-corrected chi connectivity index (χ4v) is 4.34. The van der Waals surface area contributed by atoms with Gasteiger partial charge in [0.2, 0.25) is 0 Å². The van der Waals surface area contributed by atoms with E-state index < -0.39 is 23.1 Å². The molecule has 33 heavy (non-hydrogen) atoms. The van der Waals surface area contributed by atoms with Crippen LogP contribution in [0.5, 0.6) is 0 Å². The minimum atomic E-state index is -1.12. The molecule has 0 radical (unpaired) electrons. The van der Waals surface area contributed by atoms with Crippen molar-refractivity contribution in [2.45, 2.75) is 31.9 Å². The Hall–Kier alpha value is -2.84. The lowest BCUT2D eigenvalue weighted by molar-refractivity contribution is -0.00541. The third-order valence-corrected chi connectivity index (χ3v) is 6.19. The first-order chi connectivity index (χ1) is 15.4. The van der Waals surface area contributed by atoms with Gasteiger partial charge in [-0.1, -0.05) is 23.2 Å². The standard InChI is InChI=1S/C23H23Cl2FN4O3/c1-22(2,3)33-21(32)30-11-23(12-30,17-15(26)7-6-14(24)18(17)25)28-16-8-5-13-9-10-29(4)20(31)19(13)27-16/h5-10H,11-12H2,1-4H3,(H,27,28). The number of hydrogen-bond acceptors (Lipinski definition) is 5. The molecule has 0 unspecified atom stereocenters. The van der Waals surface area contributed by atoms with Crippen LogP contribution >= 0.6 is 23.2 Å². The lowest BCUT2D eigenvalue weighted by atomic mass is 9.82. The van der Waals surface area contributed by atoms with Crippen LogP contribution in [-0.2, 0) is 17.3 Å². The number of ether oxygens (including phenoxy) is 1. The third-order valence-electron chi connectivity index (χ3n) is 5.39. The molecule has 7 nitrogen and oxygen atoms in total. The molecule has 0 saturated carbocycles. The number of pyridine rings is 2. The molecule has 174 valence electrons. The maximum Gasteiger partial charge on any atom is 0.410 e. The van der Waals surface area contributed by atoms with E-state index >= 15 is 4.39 Å². The summed E-state index contributed by atoms with van der Waals surface area (Å²) >= 11 is 12.6. The highest BCUT2D eigenvalue weighted by Crippen LogP contribution is 2.43. The molecule has 0 spiro atoms. The summed E-state index contributed by atoms with van der Waals surface area (Å²) in [4.78, 5) is 31.0. The molecular formula is C23H23Cl2FN4O3. The van der Waals surface area contributed by atoms with Gasteiger partial charge in [-0.2, -0.15) is 0 Å². The number of aryl methyl sites for hydroxylation is 1. The average Bonchev–Trinajstić information content (AvgIpc) is 2.70. The summed E-state index contributed by atoms with van der Waals surface area (Å²) in [5.41, 5.74) is -1.67. The predicted octanol–water partition coefficient (Wildman–Crippen LogP) is 4.94. The minimum absolute atomic E-state index is 0.0460. The molecule has 1 saturated heterocycles. The largest absolute Gasteiger partial charge is 0.444 e. The van der Waals surface area contributed by atoms with Crippen molar-refractivity contribution >= 4 is 46.0 Å². The number of anilines is 1. The monoisotopic (exact) mass is 492 g/mol. The Morgan fingerprint density at radius 1 is 1.18 bits per heavy atom. The van der Waals surface area contributed by atoms with E-state index in [2.05, 4.69) is 10.3 Å². The zero-order chi connectivity index (χ0) is 24.1. The van der Waals surface area contributed by atoms with Gasteiger partial charge in [0.15, 0.2) is 0 Å². The normalized spacial score (nSPS) is 15.3. The molecule has 1 N–H and O–H groups in total. The van der Waals surface area contributed by atoms with Crippen molar-refractivity contribution in [2.24, 2.45) is 7.05 Å². The molecular weight excluding hydrogens is 470 g/mol. The van der Waals surface area contributed by atoms with Crippen LogP contribution in [0.15, 0.2) is 41.3 Å². The summed E-state index contributed by atoms with van der Waals surface area (Å²) in [5.74, 6) is -0.234. The molecule has 4 rings (SSSR count). The van der Waals surface area contributed by atoms with Gasteiger partial charge in [0.25, 0.3) is 5.56 Å². The molecule has 1 aromatic carbocycles. The lowest BCUT2D eigenvalue weighted by Gasteiger charge is -2.51. The number of amides is 1. The topological polar surface area (TPSA) is 76.5 Å². The van der Waals surface area contributed by atoms with Crippen LogP contribution in [0, 0.1) is 5.82 Å². The minimum Gasteiger partial charge on any atom is -0.444 e. The molecule has 0 atom stereocenters. The van der Waals surface area contributed by atoms with E-state index in [1.165, 1.54) is 21.6 Å². The summed E-state index contributed by atoms with van der Waals surface area (Å²) in [5, 5.41) is 4.12. The summed E-state index contributed by atoms with van der Waals surface area (Å²) in [6, 6.07) is 7.83. The van der Waals surface area contributed by atoms with E-state index in [-0.39, 0.29) is 39.8 Å². The molecule has 1 amide bonds. The molecule has 1 aliphatic rings. The summed E-state index contributed by atoms with van der Waals surface area (Å²) in [7, 11) is 1.64. The van der Waals surface area contributed by atoms with Crippen LogP contribution < -0.4 is 10.9 Å². The summed E-state index contributed by atoms with van der Waals surface area (Å²) in [6.45, 7) is 5.42. The first-order valence-electron chi connectivity index (χ1n) is 10.3. The van der Waals surface area contributed by atoms with E-state index in [0.29, 0.717) is 11.2 Å². The smallest absolute Gasteiger partial charge is 0.410 e. The van der Waals surface area contributed by atoms with Crippen molar-refractivity contribution in [3.05, 3.63) is 68.3 Å². The average molecular weight is 493 g/mol. The maximum absolute atomic E-state index is 15.0. The molecule has 0 aliphatic carbocycles. The van der Waals surface area contributed by atoms with Gasteiger partial charge >= 0.3 is 6.09 Å². The second-order valence-electron chi connectivity index (χ2n) is 9.13. The van der Waals surface area contributed by atoms with Crippen LogP contribution in [0.3, 0.4) is 0 Å². The van der Waals surface area contributed by atoms with Gasteiger partial charge in [-0.3, -0.25) is 4.79 Å². The number of aromatic nitrogens is 2. The SMILES string of the molecule is Cn1ccc2ccc(NC3(c4c(F)ccc(Cl)c4Cl)CN(C(=O)OC(C)(C)C)C3)nc2c1=O. The van der Waals surface area contributed by atoms with Crippen LogP contribution in [-0.4, -0.2) is 39.2 Å². The summed E-state index contributed by atoms with van der Waals surface area (Å²) in [6.07, 6.45) is 1.13. The fraction of sp³-hybridized carbons (Fsp3) is 0.348. The van der Waals surface area contributed by atoms with Crippen molar-refractivity contribution < 1.29 is 13.9 Å². The quantitative estimate of drug-likeness (QED) is 0.524. The Labute approximate surface area is 200 Å². The number of halogens is 3. The molecule has 3 heterocycles. The highest BCUT2D eigenvalue weighted by Gasteiger charge is 2.51. The van der Waals surface area contributed by atoms with Gasteiger partial charge in [0.1, 0.15) is 28.3 Å². The van der Waals surface area contributed by atoms with Crippen molar-refractivity contribution in [3.8, 4) is 0 Å². The Morgan fingerprint density at radius 3 is 2.55 bits per heavy atom. The van der Waals surface area contributed by atoms with Gasteiger partial charge < -0.3 is 19.5 Å². The molecule has 2 aromatic heterocycles. The Morgan fingerprint density at radius 2 is 1.88 bits per heavy atom. The third kappa shape index (κ3) is 4.37. The number of carbonyl (C=O) groups is 1. The second-order valence-corrected chi connectivity index (χ2v) is 9.91. The van der Waals surface area contributed by atoms with E-state index in [0.717, 1.165) is 0 Å². The molecule has 1 fully saturated rings. The maximum atomic E-state index is 15.0. The number of likely N-dealkylation sites (tertiary alicyclic amines) is 1. The predicted molar refractivity (Wildman–Crippen MR) is 127 cm³/mol. The summed E-state index contributed by atoms with van der Waals surface area (Å²) < 4.78 is 21.9. The van der Waals surface area contributed by atoms with Gasteiger partial charge in [-0.25, -0.2) is 14.2 Å². The fourth-order valence-electron chi connectivity index (χ4n) is 3.84. The van der Waals surface area contributed by atoms with Crippen LogP contribution in [0.2, 0.25) is 10.0 Å². The number of carbonyl (C=O) groups excluding carboxylic acids is 1. The zero-order valence-corrected chi connectivity index (χ0v) is 20.1. The van der Waals surface area contributed by atoms with Crippen molar-refractivity contribution in [1.82, 2.24) is 14.5 Å². The first kappa shape index (κ1) is 23.3. The number of nitrogens with one attached hydrogen (secondary N) is 1. The van der Waals surface area contributed by atoms with E-state index in [4.69, 9.17) is 27.9 Å². The molecule has 0 bridgehead atoms. The molecule has 1 aliphatic heterocycles. The second kappa shape index (κ2) is 8.18. The van der Waals surface area contributed by atoms with Gasteiger partial charge in [0, 0.05) is 24.2 Å². The van der Waals surface area contributed by atoms with Gasteiger partial charge in [0.05, 0.1) is 23.1 Å². The van der Waals surface area contributed by atoms with Crippen LogP contribution in [0.25, 0.3) is 10.9 Å². The highest BCUT2D eigenvalue weighted by molar-refractivity contribution is 6.42. The van der Waals surface area contributed by atoms with E-state index in [1.807, 2.05) is 0 Å². The van der Waals surface area contributed by atoms with Gasteiger partial charge in [-0.15, -0.1) is 0 Å². The number of benzene rings is 1. The Kier molecular flexibility index (Phi) is 5.78. The lowest BCUT2D eigenvalue weighted by Crippen LogP contribution is -2.66. The van der Waals surface area contributed by atoms with Crippen LogP contribution in [0.4, 0.5) is 15.0 Å². The first-order valence-corrected chi connectivity index (χ1v) is 11.0. The highest BCUT2D eigenvalue weighted by atomic mass is 35.5. The number of hydrogen-bond donors (Lipinski definition) is 1.